The van der Waals surface area contributed by atoms with Gasteiger partial charge in [-0.05, 0) is 7.05 Å². The molecule has 0 aromatic heterocycles. The van der Waals surface area contributed by atoms with E-state index in [0.29, 0.717) is 0 Å². The Morgan fingerprint density at radius 1 is 1.39 bits per heavy atom. The summed E-state index contributed by atoms with van der Waals surface area (Å²) >= 11 is 12.2. The smallest absolute Gasteiger partial charge is 0.218 e. The molecule has 2 atom stereocenters. The van der Waals surface area contributed by atoms with Crippen LogP contribution in [0.3, 0.4) is 0 Å². The van der Waals surface area contributed by atoms with Crippen LogP contribution in [0.1, 0.15) is 0 Å². The second-order valence-electron chi connectivity index (χ2n) is 4.20. The molecule has 2 N–H and O–H groups in total. The predicted octanol–water partition coefficient (Wildman–Crippen LogP) is -0.227. The van der Waals surface area contributed by atoms with E-state index in [1.807, 2.05) is 0 Å². The predicted molar refractivity (Wildman–Crippen MR) is 73.6 cm³/mol. The Kier molecular flexibility index (Phi) is 4.61. The quantitative estimate of drug-likeness (QED) is 0.398. The topological polar surface area (TPSA) is 71.7 Å². The van der Waals surface area contributed by atoms with Gasteiger partial charge in [0.25, 0.3) is 0 Å². The third kappa shape index (κ3) is 2.35. The van der Waals surface area contributed by atoms with Crippen LogP contribution in [0, 0.1) is 0 Å². The van der Waals surface area contributed by atoms with E-state index in [1.165, 1.54) is 30.1 Å². The van der Waals surface area contributed by atoms with Gasteiger partial charge in [-0.15, -0.1) is 0 Å². The Hall–Kier alpha value is -0.400. The maximum Gasteiger partial charge on any atom is 0.218 e. The highest BCUT2D eigenvalue weighted by Crippen LogP contribution is 2.35. The number of aliphatic imine (C=N–C) groups is 2. The summed E-state index contributed by atoms with van der Waals surface area (Å²) in [6, 6.07) is 0. The van der Waals surface area contributed by atoms with Crippen LogP contribution < -0.4 is 0 Å². The standard InChI is InChI=1S/C10H18Cl2N4O2/c1-13-6-9(18)8(14-2)16(4)10(11,12)7(17)5-15(9)3/h6-7,17-18H,5H2,1-4H3. The van der Waals surface area contributed by atoms with Crippen molar-refractivity contribution in [2.75, 3.05) is 34.7 Å². The summed E-state index contributed by atoms with van der Waals surface area (Å²) in [7, 11) is 6.23. The Bertz CT molecular complexity index is 375. The van der Waals surface area contributed by atoms with Gasteiger partial charge in [-0.2, -0.15) is 0 Å². The number of alkyl halides is 2. The van der Waals surface area contributed by atoms with Crippen LogP contribution in [0.25, 0.3) is 0 Å². The molecule has 0 bridgehead atoms. The fourth-order valence-corrected chi connectivity index (χ4v) is 2.24. The van der Waals surface area contributed by atoms with Crippen LogP contribution in [-0.4, -0.2) is 83.1 Å². The average molecular weight is 297 g/mol. The van der Waals surface area contributed by atoms with E-state index in [2.05, 4.69) is 9.98 Å². The van der Waals surface area contributed by atoms with Gasteiger partial charge in [0.05, 0.1) is 6.21 Å². The minimum atomic E-state index is -1.57. The first-order valence-corrected chi connectivity index (χ1v) is 6.11. The van der Waals surface area contributed by atoms with Gasteiger partial charge in [0.15, 0.2) is 5.84 Å². The molecule has 104 valence electrons. The van der Waals surface area contributed by atoms with Crippen molar-refractivity contribution in [1.29, 1.82) is 0 Å². The molecule has 18 heavy (non-hydrogen) atoms. The summed E-state index contributed by atoms with van der Waals surface area (Å²) in [5, 5.41) is 20.7. The van der Waals surface area contributed by atoms with Crippen molar-refractivity contribution < 1.29 is 10.2 Å². The Morgan fingerprint density at radius 2 is 1.94 bits per heavy atom. The Labute approximate surface area is 117 Å². The number of aliphatic hydroxyl groups is 2. The van der Waals surface area contributed by atoms with E-state index < -0.39 is 16.3 Å². The number of rotatable bonds is 1. The maximum absolute atomic E-state index is 10.7. The molecule has 8 heteroatoms. The molecule has 1 heterocycles. The number of likely N-dealkylation sites (N-methyl/N-ethyl adjacent to an activating group) is 2. The molecule has 0 spiro atoms. The van der Waals surface area contributed by atoms with E-state index in [0.717, 1.165) is 0 Å². The highest BCUT2D eigenvalue weighted by atomic mass is 35.5. The molecule has 1 rings (SSSR count). The molecule has 6 nitrogen and oxygen atoms in total. The van der Waals surface area contributed by atoms with Crippen molar-refractivity contribution in [1.82, 2.24) is 9.80 Å². The summed E-state index contributed by atoms with van der Waals surface area (Å²) in [5.41, 5.74) is -1.56. The third-order valence-corrected chi connectivity index (χ3v) is 4.06. The van der Waals surface area contributed by atoms with Gasteiger partial charge in [-0.1, -0.05) is 23.2 Å². The van der Waals surface area contributed by atoms with Gasteiger partial charge in [-0.3, -0.25) is 14.9 Å². The number of halogens is 2. The van der Waals surface area contributed by atoms with Crippen molar-refractivity contribution in [3.63, 3.8) is 0 Å². The molecule has 0 aliphatic carbocycles. The first-order valence-electron chi connectivity index (χ1n) is 5.35. The molecule has 0 amide bonds. The molecule has 0 radical (unpaired) electrons. The van der Waals surface area contributed by atoms with Gasteiger partial charge in [-0.25, -0.2) is 0 Å². The lowest BCUT2D eigenvalue weighted by molar-refractivity contribution is 0.00585. The number of hydrogen-bond acceptors (Lipinski definition) is 5. The minimum absolute atomic E-state index is 0.0683. The monoisotopic (exact) mass is 296 g/mol. The normalized spacial score (nSPS) is 36.3. The van der Waals surface area contributed by atoms with Crippen molar-refractivity contribution >= 4 is 35.3 Å². The van der Waals surface area contributed by atoms with Gasteiger partial charge >= 0.3 is 0 Å². The van der Waals surface area contributed by atoms with Crippen LogP contribution in [0.15, 0.2) is 9.98 Å². The number of β-amino-alcohol motifs (C(OH)–C–C–N with tert-alkyl or cyclic N) is 1. The lowest BCUT2D eigenvalue weighted by Gasteiger charge is -2.37. The first-order chi connectivity index (χ1) is 8.21. The van der Waals surface area contributed by atoms with E-state index in [-0.39, 0.29) is 12.4 Å². The lowest BCUT2D eigenvalue weighted by atomic mass is 10.2. The second kappa shape index (κ2) is 5.30. The molecular weight excluding hydrogens is 279 g/mol. The van der Waals surface area contributed by atoms with E-state index >= 15 is 0 Å². The number of hydrogen-bond donors (Lipinski definition) is 2. The molecule has 1 saturated heterocycles. The van der Waals surface area contributed by atoms with Crippen molar-refractivity contribution in [2.24, 2.45) is 9.98 Å². The van der Waals surface area contributed by atoms with E-state index in [4.69, 9.17) is 23.2 Å². The van der Waals surface area contributed by atoms with Crippen LogP contribution in [0.5, 0.6) is 0 Å². The molecule has 2 unspecified atom stereocenters. The number of aliphatic hydroxyl groups excluding tert-OH is 1. The number of nitrogens with zero attached hydrogens (tertiary/aromatic N) is 4. The maximum atomic E-state index is 10.7. The number of amidine groups is 1. The first kappa shape index (κ1) is 15.7. The zero-order valence-electron chi connectivity index (χ0n) is 10.8. The minimum Gasteiger partial charge on any atom is -0.387 e. The second-order valence-corrected chi connectivity index (χ2v) is 5.55. The summed E-state index contributed by atoms with van der Waals surface area (Å²) in [5.74, 6) is 0.206. The van der Waals surface area contributed by atoms with Crippen molar-refractivity contribution in [2.45, 2.75) is 16.3 Å². The van der Waals surface area contributed by atoms with Crippen LogP contribution in [0.4, 0.5) is 0 Å². The largest absolute Gasteiger partial charge is 0.387 e. The molecule has 1 fully saturated rings. The molecule has 0 saturated carbocycles. The van der Waals surface area contributed by atoms with Gasteiger partial charge in [0, 0.05) is 27.7 Å². The van der Waals surface area contributed by atoms with E-state index in [9.17, 15) is 10.2 Å². The van der Waals surface area contributed by atoms with E-state index in [1.54, 1.807) is 14.1 Å². The molecule has 0 aromatic rings. The molecular formula is C10H18Cl2N4O2. The third-order valence-electron chi connectivity index (χ3n) is 3.04. The van der Waals surface area contributed by atoms with Crippen LogP contribution in [0.2, 0.25) is 0 Å². The van der Waals surface area contributed by atoms with Crippen molar-refractivity contribution in [3.05, 3.63) is 0 Å². The fourth-order valence-electron chi connectivity index (χ4n) is 1.94. The van der Waals surface area contributed by atoms with Crippen molar-refractivity contribution in [3.8, 4) is 0 Å². The van der Waals surface area contributed by atoms with Gasteiger partial charge < -0.3 is 15.1 Å². The molecule has 1 aliphatic heterocycles. The molecule has 1 aliphatic rings. The summed E-state index contributed by atoms with van der Waals surface area (Å²) in [6.07, 6.45) is 0.250. The highest BCUT2D eigenvalue weighted by molar-refractivity contribution is 6.49. The summed E-state index contributed by atoms with van der Waals surface area (Å²) in [6.45, 7) is 0.0683. The zero-order valence-corrected chi connectivity index (χ0v) is 12.3. The van der Waals surface area contributed by atoms with Gasteiger partial charge in [0.1, 0.15) is 6.10 Å². The summed E-state index contributed by atoms with van der Waals surface area (Å²) in [4.78, 5) is 10.7. The van der Waals surface area contributed by atoms with Gasteiger partial charge in [0.2, 0.25) is 10.2 Å². The van der Waals surface area contributed by atoms with Crippen LogP contribution >= 0.6 is 23.2 Å². The average Bonchev–Trinajstić information content (AvgIpc) is 2.32. The highest BCUT2D eigenvalue weighted by Gasteiger charge is 2.51. The SMILES string of the molecule is CN=CC1(O)C(=NC)N(C)C(Cl)(Cl)C(O)CN1C. The lowest BCUT2D eigenvalue weighted by Crippen LogP contribution is -2.58. The Balaban J connectivity index is 3.38. The van der Waals surface area contributed by atoms with Crippen LogP contribution in [-0.2, 0) is 0 Å². The Morgan fingerprint density at radius 3 is 2.39 bits per heavy atom. The molecule has 0 aromatic carbocycles. The zero-order chi connectivity index (χ0) is 14.1. The summed E-state index contributed by atoms with van der Waals surface area (Å²) < 4.78 is -1.57. The fraction of sp³-hybridized carbons (Fsp3) is 0.800.